The molecule has 0 aliphatic heterocycles. The van der Waals surface area contributed by atoms with Gasteiger partial charge in [0.05, 0.1) is 5.52 Å². The minimum absolute atomic E-state index is 0.974. The Hall–Kier alpha value is -0.890. The SMILES string of the molecule is CCc1ccc2nc(Br)c(CC)cc2c1. The van der Waals surface area contributed by atoms with Crippen LogP contribution in [0.15, 0.2) is 28.9 Å². The number of halogens is 1. The molecule has 0 radical (unpaired) electrons. The Labute approximate surface area is 98.7 Å². The summed E-state index contributed by atoms with van der Waals surface area (Å²) in [6.45, 7) is 4.32. The number of benzene rings is 1. The van der Waals surface area contributed by atoms with Crippen molar-refractivity contribution in [2.75, 3.05) is 0 Å². The molecule has 2 rings (SSSR count). The molecular formula is C13H14BrN. The lowest BCUT2D eigenvalue weighted by atomic mass is 10.1. The highest BCUT2D eigenvalue weighted by Crippen LogP contribution is 2.22. The smallest absolute Gasteiger partial charge is 0.110 e. The van der Waals surface area contributed by atoms with Crippen LogP contribution in [-0.4, -0.2) is 4.98 Å². The van der Waals surface area contributed by atoms with Crippen LogP contribution in [0.25, 0.3) is 10.9 Å². The summed E-state index contributed by atoms with van der Waals surface area (Å²) >= 11 is 3.50. The number of rotatable bonds is 2. The van der Waals surface area contributed by atoms with Crippen LogP contribution >= 0.6 is 15.9 Å². The van der Waals surface area contributed by atoms with E-state index in [1.807, 2.05) is 0 Å². The Morgan fingerprint density at radius 1 is 1.13 bits per heavy atom. The van der Waals surface area contributed by atoms with Gasteiger partial charge in [-0.05, 0) is 58.1 Å². The van der Waals surface area contributed by atoms with E-state index in [2.05, 4.69) is 59.0 Å². The second-order valence-electron chi connectivity index (χ2n) is 3.67. The summed E-state index contributed by atoms with van der Waals surface area (Å²) in [5.74, 6) is 0. The highest BCUT2D eigenvalue weighted by atomic mass is 79.9. The molecule has 0 unspecified atom stereocenters. The second kappa shape index (κ2) is 4.31. The van der Waals surface area contributed by atoms with Gasteiger partial charge in [0.1, 0.15) is 4.60 Å². The highest BCUT2D eigenvalue weighted by Gasteiger charge is 2.03. The van der Waals surface area contributed by atoms with Crippen LogP contribution in [0, 0.1) is 0 Å². The first-order valence-corrected chi connectivity index (χ1v) is 6.12. The summed E-state index contributed by atoms with van der Waals surface area (Å²) in [6, 6.07) is 8.70. The second-order valence-corrected chi connectivity index (χ2v) is 4.42. The Balaban J connectivity index is 2.66. The first kappa shape index (κ1) is 10.6. The van der Waals surface area contributed by atoms with E-state index in [1.54, 1.807) is 0 Å². The maximum absolute atomic E-state index is 4.54. The third-order valence-corrected chi connectivity index (χ3v) is 3.38. The number of hydrogen-bond donors (Lipinski definition) is 0. The molecule has 0 amide bonds. The Bertz CT molecular complexity index is 491. The van der Waals surface area contributed by atoms with Gasteiger partial charge in [0.15, 0.2) is 0 Å². The van der Waals surface area contributed by atoms with E-state index in [0.717, 1.165) is 23.0 Å². The fourth-order valence-corrected chi connectivity index (χ4v) is 2.30. The van der Waals surface area contributed by atoms with Gasteiger partial charge in [0, 0.05) is 5.39 Å². The van der Waals surface area contributed by atoms with Crippen molar-refractivity contribution in [2.45, 2.75) is 26.7 Å². The standard InChI is InChI=1S/C13H14BrN/c1-3-9-5-6-12-11(7-9)8-10(4-2)13(14)15-12/h5-8H,3-4H2,1-2H3. The average Bonchev–Trinajstić information content (AvgIpc) is 2.27. The molecule has 0 saturated heterocycles. The lowest BCUT2D eigenvalue weighted by molar-refractivity contribution is 1.09. The van der Waals surface area contributed by atoms with Crippen molar-refractivity contribution in [3.05, 3.63) is 40.0 Å². The summed E-state index contributed by atoms with van der Waals surface area (Å²) in [6.07, 6.45) is 2.09. The van der Waals surface area contributed by atoms with Gasteiger partial charge in [-0.25, -0.2) is 4.98 Å². The molecule has 2 heteroatoms. The molecule has 0 aliphatic rings. The summed E-state index contributed by atoms with van der Waals surface area (Å²) in [7, 11) is 0. The number of aryl methyl sites for hydroxylation is 2. The van der Waals surface area contributed by atoms with Gasteiger partial charge in [-0.15, -0.1) is 0 Å². The predicted molar refractivity (Wildman–Crippen MR) is 68.2 cm³/mol. The van der Waals surface area contributed by atoms with E-state index < -0.39 is 0 Å². The monoisotopic (exact) mass is 263 g/mol. The van der Waals surface area contributed by atoms with Crippen LogP contribution in [0.1, 0.15) is 25.0 Å². The third-order valence-electron chi connectivity index (χ3n) is 2.69. The minimum atomic E-state index is 0.974. The molecule has 0 bridgehead atoms. The lowest BCUT2D eigenvalue weighted by Crippen LogP contribution is -1.89. The van der Waals surface area contributed by atoms with Crippen LogP contribution in [0.5, 0.6) is 0 Å². The predicted octanol–water partition coefficient (Wildman–Crippen LogP) is 4.12. The van der Waals surface area contributed by atoms with Gasteiger partial charge >= 0.3 is 0 Å². The third kappa shape index (κ3) is 2.05. The number of pyridine rings is 1. The summed E-state index contributed by atoms with van der Waals surface area (Å²) in [5, 5.41) is 1.24. The molecule has 0 atom stereocenters. The van der Waals surface area contributed by atoms with Gasteiger partial charge in [0.25, 0.3) is 0 Å². The molecule has 0 spiro atoms. The number of hydrogen-bond acceptors (Lipinski definition) is 1. The van der Waals surface area contributed by atoms with Crippen LogP contribution in [0.2, 0.25) is 0 Å². The van der Waals surface area contributed by atoms with Crippen molar-refractivity contribution in [1.82, 2.24) is 4.98 Å². The van der Waals surface area contributed by atoms with Crippen LogP contribution in [0.3, 0.4) is 0 Å². The van der Waals surface area contributed by atoms with Crippen molar-refractivity contribution >= 4 is 26.8 Å². The normalized spacial score (nSPS) is 10.9. The molecule has 0 aliphatic carbocycles. The summed E-state index contributed by atoms with van der Waals surface area (Å²) in [4.78, 5) is 4.54. The molecule has 1 aromatic carbocycles. The van der Waals surface area contributed by atoms with Crippen LogP contribution < -0.4 is 0 Å². The largest absolute Gasteiger partial charge is 0.241 e. The average molecular weight is 264 g/mol. The fourth-order valence-electron chi connectivity index (χ4n) is 1.71. The topological polar surface area (TPSA) is 12.9 Å². The van der Waals surface area contributed by atoms with Crippen molar-refractivity contribution in [3.63, 3.8) is 0 Å². The van der Waals surface area contributed by atoms with Crippen molar-refractivity contribution < 1.29 is 0 Å². The van der Waals surface area contributed by atoms with Gasteiger partial charge in [-0.2, -0.15) is 0 Å². The number of aromatic nitrogens is 1. The van der Waals surface area contributed by atoms with Crippen LogP contribution in [-0.2, 0) is 12.8 Å². The Morgan fingerprint density at radius 2 is 1.93 bits per heavy atom. The quantitative estimate of drug-likeness (QED) is 0.743. The van der Waals surface area contributed by atoms with Crippen LogP contribution in [0.4, 0.5) is 0 Å². The Morgan fingerprint density at radius 3 is 2.60 bits per heavy atom. The maximum Gasteiger partial charge on any atom is 0.110 e. The van der Waals surface area contributed by atoms with E-state index in [9.17, 15) is 0 Å². The first-order valence-electron chi connectivity index (χ1n) is 5.32. The van der Waals surface area contributed by atoms with Gasteiger partial charge in [-0.1, -0.05) is 19.9 Å². The Kier molecular flexibility index (Phi) is 3.06. The van der Waals surface area contributed by atoms with Gasteiger partial charge in [0.2, 0.25) is 0 Å². The summed E-state index contributed by atoms with van der Waals surface area (Å²) < 4.78 is 0.974. The molecular weight excluding hydrogens is 250 g/mol. The molecule has 1 heterocycles. The molecule has 2 aromatic rings. The van der Waals surface area contributed by atoms with Gasteiger partial charge < -0.3 is 0 Å². The zero-order valence-corrected chi connectivity index (χ0v) is 10.6. The molecule has 15 heavy (non-hydrogen) atoms. The maximum atomic E-state index is 4.54. The van der Waals surface area contributed by atoms with E-state index in [4.69, 9.17) is 0 Å². The van der Waals surface area contributed by atoms with Crippen molar-refractivity contribution in [2.24, 2.45) is 0 Å². The lowest BCUT2D eigenvalue weighted by Gasteiger charge is -2.05. The van der Waals surface area contributed by atoms with Gasteiger partial charge in [-0.3, -0.25) is 0 Å². The van der Waals surface area contributed by atoms with E-state index in [-0.39, 0.29) is 0 Å². The number of nitrogens with zero attached hydrogens (tertiary/aromatic N) is 1. The van der Waals surface area contributed by atoms with Crippen molar-refractivity contribution in [1.29, 1.82) is 0 Å². The molecule has 0 saturated carbocycles. The van der Waals surface area contributed by atoms with E-state index in [0.29, 0.717) is 0 Å². The first-order chi connectivity index (χ1) is 7.24. The minimum Gasteiger partial charge on any atom is -0.241 e. The molecule has 0 fully saturated rings. The van der Waals surface area contributed by atoms with E-state index in [1.165, 1.54) is 16.5 Å². The fraction of sp³-hybridized carbons (Fsp3) is 0.308. The molecule has 1 aromatic heterocycles. The summed E-state index contributed by atoms with van der Waals surface area (Å²) in [5.41, 5.74) is 3.71. The molecule has 1 nitrogen and oxygen atoms in total. The zero-order valence-electron chi connectivity index (χ0n) is 9.05. The van der Waals surface area contributed by atoms with Crippen molar-refractivity contribution in [3.8, 4) is 0 Å². The molecule has 0 N–H and O–H groups in total. The zero-order chi connectivity index (χ0) is 10.8. The number of fused-ring (bicyclic) bond motifs is 1. The highest BCUT2D eigenvalue weighted by molar-refractivity contribution is 9.10. The molecule has 78 valence electrons. The van der Waals surface area contributed by atoms with E-state index >= 15 is 0 Å².